The number of nitrogens with zero attached hydrogens (tertiary/aromatic N) is 2. The van der Waals surface area contributed by atoms with E-state index in [4.69, 9.17) is 21.1 Å². The number of aryl methyl sites for hydroxylation is 1. The summed E-state index contributed by atoms with van der Waals surface area (Å²) in [6.45, 7) is 1.65. The molecule has 0 radical (unpaired) electrons. The molecule has 0 spiro atoms. The fourth-order valence-electron chi connectivity index (χ4n) is 3.66. The number of ketones is 1. The summed E-state index contributed by atoms with van der Waals surface area (Å²) in [7, 11) is 2.91. The summed E-state index contributed by atoms with van der Waals surface area (Å²) >= 11 is 6.11. The van der Waals surface area contributed by atoms with Crippen LogP contribution in [0.3, 0.4) is 0 Å². The van der Waals surface area contributed by atoms with Gasteiger partial charge in [-0.25, -0.2) is 9.36 Å². The number of hydrogen-bond donors (Lipinski definition) is 0. The second-order valence-corrected chi connectivity index (χ2v) is 7.94. The van der Waals surface area contributed by atoms with Crippen molar-refractivity contribution in [3.05, 3.63) is 97.7 Å². The Morgan fingerprint density at radius 3 is 2.24 bits per heavy atom. The van der Waals surface area contributed by atoms with Crippen LogP contribution in [0.5, 0.6) is 11.5 Å². The van der Waals surface area contributed by atoms with Gasteiger partial charge in [0.25, 0.3) is 5.56 Å². The third-order valence-corrected chi connectivity index (χ3v) is 5.63. The van der Waals surface area contributed by atoms with Gasteiger partial charge < -0.3 is 9.47 Å². The number of methoxy groups -OCH3 is 2. The number of ether oxygens (including phenoxy) is 2. The first-order valence-electron chi connectivity index (χ1n) is 10.1. The molecule has 4 aromatic rings. The molecule has 8 heteroatoms. The van der Waals surface area contributed by atoms with Crippen molar-refractivity contribution in [3.8, 4) is 17.2 Å². The van der Waals surface area contributed by atoms with Crippen LogP contribution in [0.25, 0.3) is 16.6 Å². The van der Waals surface area contributed by atoms with Crippen molar-refractivity contribution < 1.29 is 14.3 Å². The Hall–Kier alpha value is -3.84. The van der Waals surface area contributed by atoms with Gasteiger partial charge in [0.05, 0.1) is 37.4 Å². The third kappa shape index (κ3) is 4.15. The smallest absolute Gasteiger partial charge is 0.336 e. The Bertz CT molecular complexity index is 1490. The highest BCUT2D eigenvalue weighted by Gasteiger charge is 2.20. The predicted octanol–water partition coefficient (Wildman–Crippen LogP) is 4.01. The van der Waals surface area contributed by atoms with Crippen LogP contribution < -0.4 is 20.7 Å². The topological polar surface area (TPSA) is 79.5 Å². The highest BCUT2D eigenvalue weighted by molar-refractivity contribution is 6.30. The van der Waals surface area contributed by atoms with E-state index in [0.29, 0.717) is 27.8 Å². The molecular weight excluding hydrogens is 444 g/mol. The lowest BCUT2D eigenvalue weighted by atomic mass is 10.1. The van der Waals surface area contributed by atoms with Gasteiger partial charge in [-0.3, -0.25) is 14.2 Å². The minimum atomic E-state index is -0.664. The summed E-state index contributed by atoms with van der Waals surface area (Å²) in [5.41, 5.74) is 0.814. The van der Waals surface area contributed by atoms with Crippen molar-refractivity contribution in [1.29, 1.82) is 0 Å². The van der Waals surface area contributed by atoms with Crippen molar-refractivity contribution in [2.75, 3.05) is 14.2 Å². The molecule has 0 aliphatic carbocycles. The van der Waals surface area contributed by atoms with E-state index in [2.05, 4.69) is 0 Å². The average molecular weight is 465 g/mol. The molecule has 0 aliphatic heterocycles. The van der Waals surface area contributed by atoms with Gasteiger partial charge in [0.1, 0.15) is 0 Å². The van der Waals surface area contributed by atoms with E-state index >= 15 is 0 Å². The van der Waals surface area contributed by atoms with Gasteiger partial charge in [0.2, 0.25) is 0 Å². The van der Waals surface area contributed by atoms with Gasteiger partial charge in [0, 0.05) is 16.7 Å². The zero-order valence-electron chi connectivity index (χ0n) is 18.3. The molecule has 1 heterocycles. The van der Waals surface area contributed by atoms with Gasteiger partial charge in [-0.15, -0.1) is 0 Å². The quantitative estimate of drug-likeness (QED) is 0.403. The lowest BCUT2D eigenvalue weighted by Gasteiger charge is -2.16. The predicted molar refractivity (Wildman–Crippen MR) is 127 cm³/mol. The molecule has 3 aromatic carbocycles. The maximum absolute atomic E-state index is 13.5. The maximum Gasteiger partial charge on any atom is 0.336 e. The standard InChI is InChI=1S/C25H21ClN2O5/c1-15-7-9-16(10-8-15)21(29)14-27-20-13-23(33-3)22(32-2)12-19(20)24(30)28(25(27)31)18-6-4-5-17(26)11-18/h4-13H,14H2,1-3H3. The average Bonchev–Trinajstić information content (AvgIpc) is 2.81. The summed E-state index contributed by atoms with van der Waals surface area (Å²) in [5.74, 6) is 0.389. The Morgan fingerprint density at radius 1 is 0.939 bits per heavy atom. The number of rotatable bonds is 6. The number of aromatic nitrogens is 2. The van der Waals surface area contributed by atoms with Gasteiger partial charge in [0.15, 0.2) is 17.3 Å². The summed E-state index contributed by atoms with van der Waals surface area (Å²) in [6.07, 6.45) is 0. The van der Waals surface area contributed by atoms with Gasteiger partial charge in [-0.2, -0.15) is 0 Å². The van der Waals surface area contributed by atoms with Crippen LogP contribution in [0, 0.1) is 6.92 Å². The second kappa shape index (κ2) is 8.96. The molecule has 0 bridgehead atoms. The molecule has 0 aliphatic rings. The Balaban J connectivity index is 2.02. The highest BCUT2D eigenvalue weighted by Crippen LogP contribution is 2.30. The SMILES string of the molecule is COc1cc2c(=O)n(-c3cccc(Cl)c3)c(=O)n(CC(=O)c3ccc(C)cc3)c2cc1OC. The zero-order valence-corrected chi connectivity index (χ0v) is 19.1. The van der Waals surface area contributed by atoms with Gasteiger partial charge in [-0.1, -0.05) is 47.5 Å². The fraction of sp³-hybridized carbons (Fsp3) is 0.160. The van der Waals surface area contributed by atoms with E-state index in [1.807, 2.05) is 19.1 Å². The van der Waals surface area contributed by atoms with Crippen molar-refractivity contribution in [2.24, 2.45) is 0 Å². The molecule has 168 valence electrons. The molecule has 1 aromatic heterocycles. The van der Waals surface area contributed by atoms with Crippen LogP contribution in [-0.4, -0.2) is 29.1 Å². The van der Waals surface area contributed by atoms with Gasteiger partial charge >= 0.3 is 5.69 Å². The van der Waals surface area contributed by atoms with E-state index < -0.39 is 11.2 Å². The molecule has 7 nitrogen and oxygen atoms in total. The fourth-order valence-corrected chi connectivity index (χ4v) is 3.85. The monoisotopic (exact) mass is 464 g/mol. The summed E-state index contributed by atoms with van der Waals surface area (Å²) in [6, 6.07) is 16.5. The normalized spacial score (nSPS) is 10.9. The molecule has 0 saturated carbocycles. The highest BCUT2D eigenvalue weighted by atomic mass is 35.5. The number of benzene rings is 3. The molecule has 0 saturated heterocycles. The summed E-state index contributed by atoms with van der Waals surface area (Å²) in [4.78, 5) is 40.0. The minimum absolute atomic E-state index is 0.198. The van der Waals surface area contributed by atoms with Crippen molar-refractivity contribution in [2.45, 2.75) is 13.5 Å². The van der Waals surface area contributed by atoms with Crippen LogP contribution >= 0.6 is 11.6 Å². The number of carbonyl (C=O) groups is 1. The molecule has 33 heavy (non-hydrogen) atoms. The molecule has 0 atom stereocenters. The molecular formula is C25H21ClN2O5. The number of halogens is 1. The van der Waals surface area contributed by atoms with Gasteiger partial charge in [-0.05, 0) is 31.2 Å². The van der Waals surface area contributed by atoms with E-state index in [1.54, 1.807) is 30.3 Å². The number of carbonyl (C=O) groups excluding carboxylic acids is 1. The molecule has 0 fully saturated rings. The van der Waals surface area contributed by atoms with E-state index in [9.17, 15) is 14.4 Å². The Labute approximate surface area is 194 Å². The van der Waals surface area contributed by atoms with E-state index in [1.165, 1.54) is 37.0 Å². The summed E-state index contributed by atoms with van der Waals surface area (Å²) in [5, 5.41) is 0.567. The third-order valence-electron chi connectivity index (χ3n) is 5.39. The zero-order chi connectivity index (χ0) is 23.7. The van der Waals surface area contributed by atoms with Crippen LogP contribution in [0.15, 0.2) is 70.3 Å². The number of hydrogen-bond acceptors (Lipinski definition) is 5. The largest absolute Gasteiger partial charge is 0.493 e. The maximum atomic E-state index is 13.5. The molecule has 0 unspecified atom stereocenters. The van der Waals surface area contributed by atoms with Crippen LogP contribution in [0.2, 0.25) is 5.02 Å². The lowest BCUT2D eigenvalue weighted by molar-refractivity contribution is 0.0971. The first-order chi connectivity index (χ1) is 15.8. The molecule has 4 rings (SSSR count). The minimum Gasteiger partial charge on any atom is -0.493 e. The van der Waals surface area contributed by atoms with Crippen LogP contribution in [0.4, 0.5) is 0 Å². The van der Waals surface area contributed by atoms with E-state index in [-0.39, 0.29) is 23.2 Å². The Kier molecular flexibility index (Phi) is 6.07. The lowest BCUT2D eigenvalue weighted by Crippen LogP contribution is -2.40. The van der Waals surface area contributed by atoms with Crippen LogP contribution in [0.1, 0.15) is 15.9 Å². The van der Waals surface area contributed by atoms with Crippen LogP contribution in [-0.2, 0) is 6.54 Å². The molecule has 0 N–H and O–H groups in total. The van der Waals surface area contributed by atoms with Crippen molar-refractivity contribution in [3.63, 3.8) is 0 Å². The second-order valence-electron chi connectivity index (χ2n) is 7.50. The van der Waals surface area contributed by atoms with E-state index in [0.717, 1.165) is 10.1 Å². The Morgan fingerprint density at radius 2 is 1.61 bits per heavy atom. The van der Waals surface area contributed by atoms with Crippen molar-refractivity contribution >= 4 is 28.3 Å². The number of Topliss-reactive ketones (excluding diaryl/α,β-unsaturated/α-hetero) is 1. The molecule has 0 amide bonds. The van der Waals surface area contributed by atoms with Crippen molar-refractivity contribution in [1.82, 2.24) is 9.13 Å². The first-order valence-corrected chi connectivity index (χ1v) is 10.5. The first kappa shape index (κ1) is 22.4. The summed E-state index contributed by atoms with van der Waals surface area (Å²) < 4.78 is 13.0. The number of fused-ring (bicyclic) bond motifs is 1.